The van der Waals surface area contributed by atoms with Gasteiger partial charge in [0.1, 0.15) is 6.04 Å². The Labute approximate surface area is 110 Å². The lowest BCUT2D eigenvalue weighted by atomic mass is 10.0. The molecule has 3 N–H and O–H groups in total. The number of aliphatic carboxylic acids is 1. The molecule has 0 saturated carbocycles. The predicted octanol–water partition coefficient (Wildman–Crippen LogP) is 1.25. The Bertz CT molecular complexity index is 221. The Kier molecular flexibility index (Phi) is 9.92. The molecule has 0 aliphatic heterocycles. The van der Waals surface area contributed by atoms with Crippen molar-refractivity contribution in [3.8, 4) is 0 Å². The van der Waals surface area contributed by atoms with E-state index in [1.54, 1.807) is 0 Å². The fourth-order valence-electron chi connectivity index (χ4n) is 1.55. The predicted molar refractivity (Wildman–Crippen MR) is 70.6 cm³/mol. The van der Waals surface area contributed by atoms with Crippen LogP contribution >= 0.6 is 0 Å². The summed E-state index contributed by atoms with van der Waals surface area (Å²) in [5, 5.41) is 21.5. The third-order valence-electron chi connectivity index (χ3n) is 2.56. The second kappa shape index (κ2) is 10.3. The monoisotopic (exact) mass is 261 g/mol. The van der Waals surface area contributed by atoms with Crippen molar-refractivity contribution in [1.82, 2.24) is 5.32 Å². The lowest BCUT2D eigenvalue weighted by molar-refractivity contribution is -0.140. The summed E-state index contributed by atoms with van der Waals surface area (Å²) in [4.78, 5) is 11.0. The third kappa shape index (κ3) is 9.39. The van der Waals surface area contributed by atoms with Gasteiger partial charge >= 0.3 is 5.97 Å². The molecule has 2 atom stereocenters. The second-order valence-electron chi connectivity index (χ2n) is 5.01. The van der Waals surface area contributed by atoms with Gasteiger partial charge in [-0.1, -0.05) is 27.2 Å². The highest BCUT2D eigenvalue weighted by molar-refractivity contribution is 5.73. The smallest absolute Gasteiger partial charge is 0.320 e. The molecule has 5 nitrogen and oxygen atoms in total. The Balaban J connectivity index is 3.78. The lowest BCUT2D eigenvalue weighted by Gasteiger charge is -2.19. The fourth-order valence-corrected chi connectivity index (χ4v) is 1.55. The number of hydrogen-bond acceptors (Lipinski definition) is 4. The van der Waals surface area contributed by atoms with E-state index >= 15 is 0 Å². The normalized spacial score (nSPS) is 14.7. The van der Waals surface area contributed by atoms with Crippen molar-refractivity contribution in [1.29, 1.82) is 0 Å². The van der Waals surface area contributed by atoms with E-state index in [-0.39, 0.29) is 13.2 Å². The van der Waals surface area contributed by atoms with Gasteiger partial charge in [0.25, 0.3) is 0 Å². The van der Waals surface area contributed by atoms with Crippen LogP contribution in [0.2, 0.25) is 0 Å². The van der Waals surface area contributed by atoms with Gasteiger partial charge in [-0.15, -0.1) is 0 Å². The molecule has 0 amide bonds. The van der Waals surface area contributed by atoms with Crippen LogP contribution in [0.1, 0.15) is 40.0 Å². The van der Waals surface area contributed by atoms with Crippen molar-refractivity contribution < 1.29 is 19.7 Å². The first kappa shape index (κ1) is 17.4. The first-order valence-electron chi connectivity index (χ1n) is 6.69. The van der Waals surface area contributed by atoms with Gasteiger partial charge in [-0.3, -0.25) is 4.79 Å². The average molecular weight is 261 g/mol. The first-order valence-corrected chi connectivity index (χ1v) is 6.69. The molecule has 0 aliphatic carbocycles. The van der Waals surface area contributed by atoms with Crippen molar-refractivity contribution in [3.63, 3.8) is 0 Å². The summed E-state index contributed by atoms with van der Waals surface area (Å²) in [6.45, 7) is 7.16. The highest BCUT2D eigenvalue weighted by Crippen LogP contribution is 2.05. The molecule has 18 heavy (non-hydrogen) atoms. The van der Waals surface area contributed by atoms with Crippen LogP contribution in [0.5, 0.6) is 0 Å². The van der Waals surface area contributed by atoms with E-state index in [1.807, 2.05) is 13.8 Å². The number of carboxylic acid groups (broad SMARTS) is 1. The summed E-state index contributed by atoms with van der Waals surface area (Å²) in [5.41, 5.74) is 0. The second-order valence-corrected chi connectivity index (χ2v) is 5.01. The number of hydrogen-bond donors (Lipinski definition) is 3. The van der Waals surface area contributed by atoms with Crippen LogP contribution in [0.25, 0.3) is 0 Å². The van der Waals surface area contributed by atoms with E-state index < -0.39 is 18.1 Å². The number of rotatable bonds is 11. The molecule has 0 radical (unpaired) electrons. The van der Waals surface area contributed by atoms with Crippen LogP contribution in [0, 0.1) is 5.92 Å². The minimum Gasteiger partial charge on any atom is -0.480 e. The van der Waals surface area contributed by atoms with Crippen LogP contribution < -0.4 is 5.32 Å². The quantitative estimate of drug-likeness (QED) is 0.488. The SMILES string of the molecule is CCCCOCC(O)CNC(CC(C)C)C(=O)O. The van der Waals surface area contributed by atoms with Crippen LogP contribution in [0.3, 0.4) is 0 Å². The van der Waals surface area contributed by atoms with Gasteiger partial charge in [-0.25, -0.2) is 0 Å². The summed E-state index contributed by atoms with van der Waals surface area (Å²) >= 11 is 0. The zero-order valence-corrected chi connectivity index (χ0v) is 11.7. The Morgan fingerprint density at radius 2 is 2.06 bits per heavy atom. The first-order chi connectivity index (χ1) is 8.47. The van der Waals surface area contributed by atoms with E-state index in [0.717, 1.165) is 12.8 Å². The molecular weight excluding hydrogens is 234 g/mol. The maximum Gasteiger partial charge on any atom is 0.320 e. The van der Waals surface area contributed by atoms with Crippen LogP contribution in [-0.4, -0.2) is 48.1 Å². The molecule has 0 aromatic heterocycles. The molecular formula is C13H27NO4. The molecule has 0 fully saturated rings. The molecule has 0 bridgehead atoms. The summed E-state index contributed by atoms with van der Waals surface area (Å²) in [6, 6.07) is -0.602. The van der Waals surface area contributed by atoms with Gasteiger partial charge < -0.3 is 20.3 Å². The maximum absolute atomic E-state index is 11.0. The highest BCUT2D eigenvalue weighted by Gasteiger charge is 2.19. The van der Waals surface area contributed by atoms with Gasteiger partial charge in [0.05, 0.1) is 12.7 Å². The number of nitrogens with one attached hydrogen (secondary N) is 1. The van der Waals surface area contributed by atoms with Crippen LogP contribution in [-0.2, 0) is 9.53 Å². The average Bonchev–Trinajstić information content (AvgIpc) is 2.29. The van der Waals surface area contributed by atoms with Crippen LogP contribution in [0.4, 0.5) is 0 Å². The molecule has 108 valence electrons. The van der Waals surface area contributed by atoms with E-state index in [1.165, 1.54) is 0 Å². The molecule has 0 aromatic carbocycles. The van der Waals surface area contributed by atoms with Crippen molar-refractivity contribution in [3.05, 3.63) is 0 Å². The number of carbonyl (C=O) groups is 1. The highest BCUT2D eigenvalue weighted by atomic mass is 16.5. The summed E-state index contributed by atoms with van der Waals surface area (Å²) in [7, 11) is 0. The van der Waals surface area contributed by atoms with Gasteiger partial charge in [-0.05, 0) is 18.8 Å². The fraction of sp³-hybridized carbons (Fsp3) is 0.923. The van der Waals surface area contributed by atoms with Crippen molar-refractivity contribution >= 4 is 5.97 Å². The van der Waals surface area contributed by atoms with Crippen molar-refractivity contribution in [2.24, 2.45) is 5.92 Å². The van der Waals surface area contributed by atoms with Gasteiger partial charge in [0.2, 0.25) is 0 Å². The molecule has 0 heterocycles. The van der Waals surface area contributed by atoms with Crippen LogP contribution in [0.15, 0.2) is 0 Å². The molecule has 0 aliphatic rings. The van der Waals surface area contributed by atoms with E-state index in [4.69, 9.17) is 9.84 Å². The lowest BCUT2D eigenvalue weighted by Crippen LogP contribution is -2.42. The summed E-state index contributed by atoms with van der Waals surface area (Å²) in [6.07, 6.45) is 1.93. The number of aliphatic hydroxyl groups is 1. The number of unbranched alkanes of at least 4 members (excludes halogenated alkanes) is 1. The minimum absolute atomic E-state index is 0.246. The molecule has 0 saturated heterocycles. The maximum atomic E-state index is 11.0. The van der Waals surface area contributed by atoms with Crippen molar-refractivity contribution in [2.45, 2.75) is 52.2 Å². The standard InChI is InChI=1S/C13H27NO4/c1-4-5-6-18-9-11(15)8-14-12(13(16)17)7-10(2)3/h10-12,14-15H,4-9H2,1-3H3,(H,16,17). The van der Waals surface area contributed by atoms with Gasteiger partial charge in [0.15, 0.2) is 0 Å². The van der Waals surface area contributed by atoms with Gasteiger partial charge in [0, 0.05) is 13.2 Å². The topological polar surface area (TPSA) is 78.8 Å². The van der Waals surface area contributed by atoms with Gasteiger partial charge in [-0.2, -0.15) is 0 Å². The molecule has 0 rings (SSSR count). The summed E-state index contributed by atoms with van der Waals surface area (Å²) in [5.74, 6) is -0.570. The minimum atomic E-state index is -0.872. The number of ether oxygens (including phenoxy) is 1. The zero-order valence-electron chi connectivity index (χ0n) is 11.7. The molecule has 0 aromatic rings. The van der Waals surface area contributed by atoms with E-state index in [9.17, 15) is 9.90 Å². The Morgan fingerprint density at radius 3 is 2.56 bits per heavy atom. The number of carboxylic acids is 1. The molecule has 5 heteroatoms. The largest absolute Gasteiger partial charge is 0.480 e. The zero-order chi connectivity index (χ0) is 14.0. The summed E-state index contributed by atoms with van der Waals surface area (Å²) < 4.78 is 5.27. The Morgan fingerprint density at radius 1 is 1.39 bits per heavy atom. The molecule has 0 spiro atoms. The van der Waals surface area contributed by atoms with E-state index in [2.05, 4.69) is 12.2 Å². The van der Waals surface area contributed by atoms with Crippen molar-refractivity contribution in [2.75, 3.05) is 19.8 Å². The Hall–Kier alpha value is -0.650. The van der Waals surface area contributed by atoms with E-state index in [0.29, 0.717) is 18.9 Å². The third-order valence-corrected chi connectivity index (χ3v) is 2.56. The number of aliphatic hydroxyl groups excluding tert-OH is 1. The molecule has 2 unspecified atom stereocenters.